The maximum absolute atomic E-state index is 13.0. The molecule has 0 bridgehead atoms. The van der Waals surface area contributed by atoms with E-state index in [4.69, 9.17) is 9.72 Å². The number of fused-ring (bicyclic) bond motifs is 1. The quantitative estimate of drug-likeness (QED) is 0.129. The van der Waals surface area contributed by atoms with Crippen LogP contribution in [-0.4, -0.2) is 34.0 Å². The van der Waals surface area contributed by atoms with Gasteiger partial charge in [0.2, 0.25) is 0 Å². The van der Waals surface area contributed by atoms with Gasteiger partial charge in [-0.1, -0.05) is 0 Å². The average molecular weight is 714 g/mol. The number of aromatic nitrogens is 3. The van der Waals surface area contributed by atoms with E-state index in [0.717, 1.165) is 66.7 Å². The van der Waals surface area contributed by atoms with Crippen LogP contribution in [-0.2, 0) is 24.1 Å². The second-order valence-electron chi connectivity index (χ2n) is 10.9. The average Bonchev–Trinajstić information content (AvgIpc) is 3.38. The fourth-order valence-corrected chi connectivity index (χ4v) is 12.2. The molecule has 10 heteroatoms. The van der Waals surface area contributed by atoms with Gasteiger partial charge < -0.3 is 0 Å². The maximum atomic E-state index is 13.0. The number of halogens is 4. The molecule has 1 aliphatic heterocycles. The Balaban J connectivity index is 1.32. The Bertz CT molecular complexity index is 1770. The second-order valence-corrected chi connectivity index (χ2v) is 16.7. The summed E-state index contributed by atoms with van der Waals surface area (Å²) < 4.78 is 48.7. The summed E-state index contributed by atoms with van der Waals surface area (Å²) in [5, 5.41) is 10.1. The fourth-order valence-electron chi connectivity index (χ4n) is 5.34. The number of aliphatic carboxylic acids is 1. The van der Waals surface area contributed by atoms with Crippen LogP contribution in [0.3, 0.4) is 0 Å². The number of hydrogen-bond donors (Lipinski definition) is 1. The van der Waals surface area contributed by atoms with Crippen molar-refractivity contribution in [2.75, 3.05) is 4.43 Å². The summed E-state index contributed by atoms with van der Waals surface area (Å²) in [6, 6.07) is 22.6. The predicted molar refractivity (Wildman–Crippen MR) is 172 cm³/mol. The molecule has 6 nitrogen and oxygen atoms in total. The van der Waals surface area contributed by atoms with Crippen molar-refractivity contribution < 1.29 is 27.8 Å². The molecule has 44 heavy (non-hydrogen) atoms. The zero-order valence-corrected chi connectivity index (χ0v) is 26.2. The summed E-state index contributed by atoms with van der Waals surface area (Å²) in [4.78, 5) is 21.7. The van der Waals surface area contributed by atoms with E-state index < -0.39 is 37.5 Å². The van der Waals surface area contributed by atoms with Crippen LogP contribution in [0.1, 0.15) is 41.6 Å². The third kappa shape index (κ3) is 6.59. The molecule has 228 valence electrons. The molecule has 0 saturated carbocycles. The molecule has 1 aliphatic rings. The Morgan fingerprint density at radius 1 is 1.00 bits per heavy atom. The van der Waals surface area contributed by atoms with Crippen molar-refractivity contribution in [2.24, 2.45) is 0 Å². The molecule has 1 saturated heterocycles. The zero-order valence-electron chi connectivity index (χ0n) is 24.0. The molecule has 1 fully saturated rings. The molecule has 2 aromatic heterocycles. The molecule has 3 aromatic carbocycles. The second kappa shape index (κ2) is 12.6. The number of hydrogen-bond acceptors (Lipinski definition) is 4. The summed E-state index contributed by atoms with van der Waals surface area (Å²) in [7, 11) is 0. The molecule has 1 atom stereocenters. The molecule has 0 aliphatic carbocycles. The number of benzene rings is 3. The van der Waals surface area contributed by atoms with Crippen molar-refractivity contribution in [1.29, 1.82) is 0 Å². The first-order valence-corrected chi connectivity index (χ1v) is 18.2. The number of ether oxygens (including phenoxy) is 1. The van der Waals surface area contributed by atoms with Gasteiger partial charge in [0.05, 0.1) is 0 Å². The molecule has 3 heterocycles. The van der Waals surface area contributed by atoms with Crippen LogP contribution in [0, 0.1) is 10.8 Å². The molecule has 0 radical (unpaired) electrons. The Hall–Kier alpha value is -3.93. The van der Waals surface area contributed by atoms with Crippen molar-refractivity contribution >= 4 is 36.8 Å². The predicted octanol–water partition coefficient (Wildman–Crippen LogP) is 8.37. The Morgan fingerprint density at radius 3 is 2.39 bits per heavy atom. The number of rotatable bonds is 8. The van der Waals surface area contributed by atoms with Crippen LogP contribution < -0.4 is 4.74 Å². The summed E-state index contributed by atoms with van der Waals surface area (Å²) >= 11 is -2.19. The van der Waals surface area contributed by atoms with Crippen LogP contribution >= 0.6 is 19.8 Å². The molecule has 5 aromatic rings. The van der Waals surface area contributed by atoms with E-state index in [9.17, 15) is 23.1 Å². The van der Waals surface area contributed by atoms with E-state index in [-0.39, 0.29) is 3.92 Å². The molecular weight excluding hydrogens is 682 g/mol. The van der Waals surface area contributed by atoms with Crippen molar-refractivity contribution in [3.05, 3.63) is 111 Å². The standard InChI is InChI=1S/C34H31F3IN3O3/c1-22-5-14-27(39-19-22)21-44-28-15-16-30-31(18-28)41(33(40-30)38-17-3-2-4-29(38)32(42)43)20-23-6-8-24(9-7-23)25-10-12-26(13-11-25)34(35,36)37/h5-16,18-19,29H,2-4,17,20-21H2,1H3,(H,42,43). The Labute approximate surface area is 260 Å². The third-order valence-corrected chi connectivity index (χ3v) is 14.7. The number of aryl methyl sites for hydroxylation is 1. The van der Waals surface area contributed by atoms with Gasteiger partial charge in [0.15, 0.2) is 0 Å². The molecule has 6 rings (SSSR count). The van der Waals surface area contributed by atoms with E-state index in [0.29, 0.717) is 30.9 Å². The van der Waals surface area contributed by atoms with E-state index >= 15 is 0 Å². The molecule has 0 amide bonds. The number of carboxylic acid groups (broad SMARTS) is 1. The number of carbonyl (C=O) groups is 1. The van der Waals surface area contributed by atoms with Crippen molar-refractivity contribution in [1.82, 2.24) is 14.5 Å². The number of pyridine rings is 1. The van der Waals surface area contributed by atoms with Gasteiger partial charge >= 0.3 is 248 Å². The van der Waals surface area contributed by atoms with Gasteiger partial charge in [-0.15, -0.1) is 0 Å². The number of carboxylic acids is 1. The van der Waals surface area contributed by atoms with Crippen LogP contribution in [0.5, 0.6) is 5.75 Å². The monoisotopic (exact) mass is 713 g/mol. The van der Waals surface area contributed by atoms with Gasteiger partial charge in [0.25, 0.3) is 0 Å². The van der Waals surface area contributed by atoms with E-state index in [1.54, 1.807) is 6.20 Å². The Morgan fingerprint density at radius 2 is 1.73 bits per heavy atom. The first kappa shape index (κ1) is 30.1. The summed E-state index contributed by atoms with van der Waals surface area (Å²) in [5.41, 5.74) is 5.39. The summed E-state index contributed by atoms with van der Waals surface area (Å²) in [6.07, 6.45) is 0.0422. The minimum atomic E-state index is -4.38. The van der Waals surface area contributed by atoms with Crippen LogP contribution in [0.4, 0.5) is 13.2 Å². The number of imidazole rings is 1. The molecular formula is C34H31F3IN3O3. The van der Waals surface area contributed by atoms with Gasteiger partial charge in [-0.05, 0) is 0 Å². The van der Waals surface area contributed by atoms with Gasteiger partial charge in [-0.2, -0.15) is 13.2 Å². The van der Waals surface area contributed by atoms with E-state index in [1.807, 2.05) is 61.5 Å². The first-order valence-electron chi connectivity index (χ1n) is 14.3. The van der Waals surface area contributed by atoms with Crippen molar-refractivity contribution in [3.8, 4) is 16.9 Å². The van der Waals surface area contributed by atoms with Crippen molar-refractivity contribution in [3.63, 3.8) is 0 Å². The first-order chi connectivity index (χ1) is 21.2. The summed E-state index contributed by atoms with van der Waals surface area (Å²) in [6.45, 7) is 2.79. The normalized spacial score (nSPS) is 16.3. The van der Waals surface area contributed by atoms with Gasteiger partial charge in [-0.25, -0.2) is 0 Å². The van der Waals surface area contributed by atoms with Crippen molar-refractivity contribution in [2.45, 2.75) is 49.4 Å². The zero-order chi connectivity index (χ0) is 30.8. The number of nitrogens with zero attached hydrogens (tertiary/aromatic N) is 3. The molecule has 0 spiro atoms. The van der Waals surface area contributed by atoms with Gasteiger partial charge in [0, 0.05) is 0 Å². The third-order valence-electron chi connectivity index (χ3n) is 7.72. The van der Waals surface area contributed by atoms with Crippen LogP contribution in [0.2, 0.25) is 0 Å². The van der Waals surface area contributed by atoms with Gasteiger partial charge in [0.1, 0.15) is 0 Å². The molecule has 1 N–H and O–H groups in total. The minimum absolute atomic E-state index is 0.317. The molecule has 1 unspecified atom stereocenters. The van der Waals surface area contributed by atoms with E-state index in [1.165, 1.54) is 12.1 Å². The number of alkyl halides is 5. The van der Waals surface area contributed by atoms with E-state index in [2.05, 4.69) is 9.55 Å². The SMILES string of the molecule is Cc1ccc(COc2ccc3nc(I4CCCCC4C(=O)O)n(Cc4ccc(-c5ccc(C(F)(F)F)cc5)cc4)c3c2)nc1. The fraction of sp³-hybridized carbons (Fsp3) is 0.265. The van der Waals surface area contributed by atoms with Crippen LogP contribution in [0.15, 0.2) is 85.1 Å². The Kier molecular flexibility index (Phi) is 8.61. The summed E-state index contributed by atoms with van der Waals surface area (Å²) in [5.74, 6) is -0.0588. The topological polar surface area (TPSA) is 77.2 Å². The van der Waals surface area contributed by atoms with Gasteiger partial charge in [-0.3, -0.25) is 0 Å². The van der Waals surface area contributed by atoms with Crippen LogP contribution in [0.25, 0.3) is 22.2 Å².